The zero-order valence-corrected chi connectivity index (χ0v) is 19.1. The van der Waals surface area contributed by atoms with E-state index in [-0.39, 0.29) is 22.8 Å². The van der Waals surface area contributed by atoms with Gasteiger partial charge in [-0.2, -0.15) is 0 Å². The maximum atomic E-state index is 13.1. The third-order valence-corrected chi connectivity index (χ3v) is 6.55. The number of hydrogen-bond acceptors (Lipinski definition) is 7. The number of thiophene rings is 1. The second-order valence-corrected chi connectivity index (χ2v) is 8.82. The summed E-state index contributed by atoms with van der Waals surface area (Å²) in [7, 11) is 1.28. The fraction of sp³-hybridized carbons (Fsp3) is 0.0909. The molecule has 0 aliphatic heterocycles. The zero-order chi connectivity index (χ0) is 22.7. The summed E-state index contributed by atoms with van der Waals surface area (Å²) in [5.74, 6) is -0.922. The van der Waals surface area contributed by atoms with Crippen LogP contribution in [0.1, 0.15) is 10.4 Å². The van der Waals surface area contributed by atoms with Crippen LogP contribution >= 0.6 is 34.7 Å². The van der Waals surface area contributed by atoms with E-state index in [4.69, 9.17) is 16.3 Å². The molecule has 0 aliphatic carbocycles. The van der Waals surface area contributed by atoms with Gasteiger partial charge < -0.3 is 10.1 Å². The second-order valence-electron chi connectivity index (χ2n) is 6.52. The molecule has 32 heavy (non-hydrogen) atoms. The van der Waals surface area contributed by atoms with E-state index in [1.807, 2.05) is 0 Å². The highest BCUT2D eigenvalue weighted by molar-refractivity contribution is 7.99. The molecule has 7 nitrogen and oxygen atoms in total. The topological polar surface area (TPSA) is 90.3 Å². The average molecular weight is 486 g/mol. The summed E-state index contributed by atoms with van der Waals surface area (Å²) in [5, 5.41) is 5.44. The number of thioether (sulfide) groups is 1. The van der Waals surface area contributed by atoms with Crippen LogP contribution in [0.25, 0.3) is 15.9 Å². The van der Waals surface area contributed by atoms with E-state index in [2.05, 4.69) is 10.3 Å². The molecule has 2 aromatic heterocycles. The molecule has 1 amide bonds. The van der Waals surface area contributed by atoms with E-state index in [1.54, 1.807) is 60.0 Å². The molecule has 10 heteroatoms. The Hall–Kier alpha value is -3.14. The minimum atomic E-state index is -0.547. The highest BCUT2D eigenvalue weighted by Gasteiger charge is 2.17. The number of nitrogens with one attached hydrogen (secondary N) is 1. The van der Waals surface area contributed by atoms with Gasteiger partial charge in [-0.05, 0) is 47.8 Å². The van der Waals surface area contributed by atoms with Crippen molar-refractivity contribution in [2.45, 2.75) is 5.16 Å². The van der Waals surface area contributed by atoms with Crippen LogP contribution in [0.15, 0.2) is 69.9 Å². The number of carbonyl (C=O) groups excluding carboxylic acids is 2. The van der Waals surface area contributed by atoms with Crippen molar-refractivity contribution in [2.75, 3.05) is 18.2 Å². The number of para-hydroxylation sites is 1. The Morgan fingerprint density at radius 1 is 1.16 bits per heavy atom. The quantitative estimate of drug-likeness (QED) is 0.243. The van der Waals surface area contributed by atoms with Gasteiger partial charge in [-0.15, -0.1) is 11.3 Å². The lowest BCUT2D eigenvalue weighted by atomic mass is 10.2. The predicted octanol–water partition coefficient (Wildman–Crippen LogP) is 4.62. The summed E-state index contributed by atoms with van der Waals surface area (Å²) in [6.07, 6.45) is 0. The fourth-order valence-corrected chi connectivity index (χ4v) is 4.70. The average Bonchev–Trinajstić information content (AvgIpc) is 3.27. The molecule has 0 radical (unpaired) electrons. The van der Waals surface area contributed by atoms with Crippen molar-refractivity contribution in [3.63, 3.8) is 0 Å². The number of amides is 1. The van der Waals surface area contributed by atoms with Crippen LogP contribution in [0.3, 0.4) is 0 Å². The Bertz CT molecular complexity index is 1370. The zero-order valence-electron chi connectivity index (χ0n) is 16.7. The lowest BCUT2D eigenvalue weighted by Gasteiger charge is -2.13. The van der Waals surface area contributed by atoms with Crippen LogP contribution in [0, 0.1) is 0 Å². The van der Waals surface area contributed by atoms with Gasteiger partial charge in [0.05, 0.1) is 35.3 Å². The number of anilines is 1. The van der Waals surface area contributed by atoms with Gasteiger partial charge >= 0.3 is 5.97 Å². The number of aromatic nitrogens is 2. The van der Waals surface area contributed by atoms with E-state index < -0.39 is 5.97 Å². The summed E-state index contributed by atoms with van der Waals surface area (Å²) in [4.78, 5) is 42.2. The Kier molecular flexibility index (Phi) is 6.59. The number of fused-ring (bicyclic) bond motifs is 1. The third kappa shape index (κ3) is 4.55. The monoisotopic (exact) mass is 485 g/mol. The first kappa shape index (κ1) is 22.1. The van der Waals surface area contributed by atoms with Gasteiger partial charge in [0, 0.05) is 5.02 Å². The number of halogens is 1. The van der Waals surface area contributed by atoms with Gasteiger partial charge in [0.15, 0.2) is 5.16 Å². The van der Waals surface area contributed by atoms with Crippen molar-refractivity contribution in [3.05, 3.63) is 80.9 Å². The van der Waals surface area contributed by atoms with E-state index >= 15 is 0 Å². The molecule has 0 saturated heterocycles. The SMILES string of the molecule is COC(=O)c1ccccc1NC(=O)CSc1nc2ccsc2c(=O)n1-c1ccc(Cl)cc1. The first-order chi connectivity index (χ1) is 15.5. The summed E-state index contributed by atoms with van der Waals surface area (Å²) >= 11 is 8.42. The Balaban J connectivity index is 1.62. The number of rotatable bonds is 6. The number of nitrogens with zero attached hydrogens (tertiary/aromatic N) is 2. The van der Waals surface area contributed by atoms with Gasteiger partial charge in [-0.1, -0.05) is 35.5 Å². The van der Waals surface area contributed by atoms with E-state index in [0.717, 1.165) is 11.8 Å². The number of hydrogen-bond donors (Lipinski definition) is 1. The van der Waals surface area contributed by atoms with Gasteiger partial charge in [0.2, 0.25) is 5.91 Å². The molecule has 0 bridgehead atoms. The number of carbonyl (C=O) groups is 2. The van der Waals surface area contributed by atoms with Gasteiger partial charge in [0.25, 0.3) is 5.56 Å². The highest BCUT2D eigenvalue weighted by Crippen LogP contribution is 2.25. The lowest BCUT2D eigenvalue weighted by molar-refractivity contribution is -0.113. The first-order valence-electron chi connectivity index (χ1n) is 9.34. The minimum absolute atomic E-state index is 0.0226. The van der Waals surface area contributed by atoms with E-state index in [9.17, 15) is 14.4 Å². The number of esters is 1. The van der Waals surface area contributed by atoms with Gasteiger partial charge in [0.1, 0.15) is 4.70 Å². The smallest absolute Gasteiger partial charge is 0.339 e. The summed E-state index contributed by atoms with van der Waals surface area (Å²) in [5.41, 5.74) is 1.56. The molecular formula is C22H16ClN3O4S2. The predicted molar refractivity (Wildman–Crippen MR) is 127 cm³/mol. The summed E-state index contributed by atoms with van der Waals surface area (Å²) in [6, 6.07) is 15.2. The van der Waals surface area contributed by atoms with Crippen LogP contribution in [-0.4, -0.2) is 34.3 Å². The fourth-order valence-electron chi connectivity index (χ4n) is 3.00. The molecule has 1 N–H and O–H groups in total. The Morgan fingerprint density at radius 2 is 1.91 bits per heavy atom. The molecule has 2 heterocycles. The van der Waals surface area contributed by atoms with E-state index in [1.165, 1.54) is 23.0 Å². The van der Waals surface area contributed by atoms with Crippen LogP contribution in [0.4, 0.5) is 5.69 Å². The summed E-state index contributed by atoms with van der Waals surface area (Å²) in [6.45, 7) is 0. The molecule has 0 fully saturated rings. The maximum absolute atomic E-state index is 13.1. The van der Waals surface area contributed by atoms with E-state index in [0.29, 0.717) is 31.8 Å². The third-order valence-electron chi connectivity index (χ3n) is 4.47. The van der Waals surface area contributed by atoms with Crippen LogP contribution in [0.5, 0.6) is 0 Å². The van der Waals surface area contributed by atoms with Crippen molar-refractivity contribution >= 4 is 62.5 Å². The van der Waals surface area contributed by atoms with Crippen LogP contribution in [0.2, 0.25) is 5.02 Å². The largest absolute Gasteiger partial charge is 0.465 e. The molecule has 4 rings (SSSR count). The Labute approximate surface area is 196 Å². The Morgan fingerprint density at radius 3 is 2.66 bits per heavy atom. The summed E-state index contributed by atoms with van der Waals surface area (Å²) < 4.78 is 6.75. The molecule has 0 atom stereocenters. The number of methoxy groups -OCH3 is 1. The van der Waals surface area contributed by atoms with Crippen molar-refractivity contribution in [2.24, 2.45) is 0 Å². The van der Waals surface area contributed by atoms with Crippen molar-refractivity contribution in [1.82, 2.24) is 9.55 Å². The highest BCUT2D eigenvalue weighted by atomic mass is 35.5. The lowest BCUT2D eigenvalue weighted by Crippen LogP contribution is -2.22. The molecule has 4 aromatic rings. The first-order valence-corrected chi connectivity index (χ1v) is 11.6. The molecule has 162 valence electrons. The molecule has 0 saturated carbocycles. The maximum Gasteiger partial charge on any atom is 0.339 e. The standard InChI is InChI=1S/C22H16ClN3O4S2/c1-30-21(29)15-4-2-3-5-16(15)24-18(27)12-32-22-25-17-10-11-31-19(17)20(28)26(22)14-8-6-13(23)7-9-14/h2-11H,12H2,1H3,(H,24,27). The molecule has 2 aromatic carbocycles. The van der Waals surface area contributed by atoms with Crippen molar-refractivity contribution in [1.29, 1.82) is 0 Å². The molecular weight excluding hydrogens is 470 g/mol. The van der Waals surface area contributed by atoms with Crippen LogP contribution in [-0.2, 0) is 9.53 Å². The van der Waals surface area contributed by atoms with Gasteiger partial charge in [-0.3, -0.25) is 14.2 Å². The number of ether oxygens (including phenoxy) is 1. The molecule has 0 spiro atoms. The van der Waals surface area contributed by atoms with Gasteiger partial charge in [-0.25, -0.2) is 9.78 Å². The normalized spacial score (nSPS) is 10.8. The number of benzene rings is 2. The van der Waals surface area contributed by atoms with Crippen molar-refractivity contribution < 1.29 is 14.3 Å². The van der Waals surface area contributed by atoms with Crippen LogP contribution < -0.4 is 10.9 Å². The second kappa shape index (κ2) is 9.56. The van der Waals surface area contributed by atoms with Crippen molar-refractivity contribution in [3.8, 4) is 5.69 Å². The minimum Gasteiger partial charge on any atom is -0.465 e. The molecule has 0 unspecified atom stereocenters. The molecule has 0 aliphatic rings.